The van der Waals surface area contributed by atoms with E-state index < -0.39 is 12.1 Å². The van der Waals surface area contributed by atoms with Crippen LogP contribution in [-0.2, 0) is 0 Å². The lowest BCUT2D eigenvalue weighted by molar-refractivity contribution is 0.106. The first-order valence-corrected chi connectivity index (χ1v) is 3.71. The van der Waals surface area contributed by atoms with Crippen LogP contribution in [-0.4, -0.2) is 27.8 Å². The van der Waals surface area contributed by atoms with Crippen LogP contribution in [0.15, 0.2) is 24.4 Å². The second kappa shape index (κ2) is 4.15. The molecule has 1 heterocycles. The number of aliphatic hydroxyl groups is 2. The van der Waals surface area contributed by atoms with Crippen molar-refractivity contribution in [3.05, 3.63) is 30.1 Å². The topological polar surface area (TPSA) is 79.4 Å². The third-order valence-electron chi connectivity index (χ3n) is 1.61. The molecular formula is C8H12N2O2. The van der Waals surface area contributed by atoms with E-state index in [2.05, 4.69) is 4.98 Å². The molecule has 12 heavy (non-hydrogen) atoms. The maximum absolute atomic E-state index is 9.44. The van der Waals surface area contributed by atoms with Crippen LogP contribution < -0.4 is 5.73 Å². The highest BCUT2D eigenvalue weighted by molar-refractivity contribution is 5.08. The molecule has 0 fully saturated rings. The molecule has 0 spiro atoms. The van der Waals surface area contributed by atoms with Crippen LogP contribution in [0.2, 0.25) is 0 Å². The molecule has 0 amide bonds. The molecule has 66 valence electrons. The Morgan fingerprint density at radius 3 is 2.75 bits per heavy atom. The van der Waals surface area contributed by atoms with E-state index in [9.17, 15) is 5.11 Å². The van der Waals surface area contributed by atoms with Gasteiger partial charge in [0, 0.05) is 6.20 Å². The van der Waals surface area contributed by atoms with Gasteiger partial charge in [-0.25, -0.2) is 0 Å². The summed E-state index contributed by atoms with van der Waals surface area (Å²) in [7, 11) is 0. The van der Waals surface area contributed by atoms with Crippen LogP contribution in [0.3, 0.4) is 0 Å². The molecular weight excluding hydrogens is 156 g/mol. The molecule has 1 aromatic heterocycles. The number of nitrogens with two attached hydrogens (primary N) is 1. The molecule has 0 aliphatic carbocycles. The molecule has 0 unspecified atom stereocenters. The average molecular weight is 168 g/mol. The van der Waals surface area contributed by atoms with Crippen LogP contribution in [0, 0.1) is 0 Å². The summed E-state index contributed by atoms with van der Waals surface area (Å²) in [6.45, 7) is -0.252. The smallest absolute Gasteiger partial charge is 0.113 e. The minimum atomic E-state index is -0.892. The number of aliphatic hydroxyl groups excluding tert-OH is 2. The van der Waals surface area contributed by atoms with E-state index in [1.165, 1.54) is 0 Å². The van der Waals surface area contributed by atoms with Gasteiger partial charge in [-0.1, -0.05) is 6.07 Å². The fraction of sp³-hybridized carbons (Fsp3) is 0.375. The van der Waals surface area contributed by atoms with Crippen LogP contribution in [0.5, 0.6) is 0 Å². The van der Waals surface area contributed by atoms with Gasteiger partial charge in [-0.15, -0.1) is 0 Å². The predicted molar refractivity (Wildman–Crippen MR) is 44.3 cm³/mol. The number of rotatable bonds is 3. The molecule has 4 N–H and O–H groups in total. The van der Waals surface area contributed by atoms with Gasteiger partial charge in [0.05, 0.1) is 18.3 Å². The molecule has 0 saturated carbocycles. The second-order valence-corrected chi connectivity index (χ2v) is 2.55. The Balaban J connectivity index is 2.71. The van der Waals surface area contributed by atoms with E-state index in [1.807, 2.05) is 0 Å². The Morgan fingerprint density at radius 1 is 1.50 bits per heavy atom. The molecule has 0 aliphatic rings. The fourth-order valence-corrected chi connectivity index (χ4v) is 0.870. The molecule has 4 nitrogen and oxygen atoms in total. The van der Waals surface area contributed by atoms with Crippen molar-refractivity contribution < 1.29 is 10.2 Å². The summed E-state index contributed by atoms with van der Waals surface area (Å²) in [5, 5.41) is 18.1. The maximum atomic E-state index is 9.44. The fourth-order valence-electron chi connectivity index (χ4n) is 0.870. The van der Waals surface area contributed by atoms with Crippen molar-refractivity contribution in [2.75, 3.05) is 6.61 Å². The van der Waals surface area contributed by atoms with Gasteiger partial charge in [-0.2, -0.15) is 0 Å². The van der Waals surface area contributed by atoms with E-state index >= 15 is 0 Å². The van der Waals surface area contributed by atoms with Gasteiger partial charge in [-0.3, -0.25) is 4.98 Å². The van der Waals surface area contributed by atoms with Crippen LogP contribution in [0.25, 0.3) is 0 Å². The van der Waals surface area contributed by atoms with Crippen LogP contribution in [0.4, 0.5) is 0 Å². The van der Waals surface area contributed by atoms with Gasteiger partial charge in [0.1, 0.15) is 6.10 Å². The standard InChI is InChI=1S/C8H12N2O2/c9-6(5-11)8(12)7-3-1-2-4-10-7/h1-4,6,8,11-12H,5,9H2/t6-,8+/m1/s1. The van der Waals surface area contributed by atoms with E-state index in [0.29, 0.717) is 5.69 Å². The Hall–Kier alpha value is -0.970. The van der Waals surface area contributed by atoms with Gasteiger partial charge in [-0.05, 0) is 12.1 Å². The summed E-state index contributed by atoms with van der Waals surface area (Å²) < 4.78 is 0. The summed E-state index contributed by atoms with van der Waals surface area (Å²) in [5.41, 5.74) is 5.89. The largest absolute Gasteiger partial charge is 0.395 e. The summed E-state index contributed by atoms with van der Waals surface area (Å²) >= 11 is 0. The van der Waals surface area contributed by atoms with Gasteiger partial charge in [0.15, 0.2) is 0 Å². The lowest BCUT2D eigenvalue weighted by Crippen LogP contribution is -2.32. The summed E-state index contributed by atoms with van der Waals surface area (Å²) in [6.07, 6.45) is 0.680. The van der Waals surface area contributed by atoms with Crippen molar-refractivity contribution >= 4 is 0 Å². The van der Waals surface area contributed by atoms with Crippen molar-refractivity contribution in [3.8, 4) is 0 Å². The number of aromatic nitrogens is 1. The number of hydrogen-bond donors (Lipinski definition) is 3. The first-order valence-electron chi connectivity index (χ1n) is 3.71. The molecule has 1 rings (SSSR count). The van der Waals surface area contributed by atoms with Crippen molar-refractivity contribution in [3.63, 3.8) is 0 Å². The molecule has 0 radical (unpaired) electrons. The van der Waals surface area contributed by atoms with Crippen molar-refractivity contribution in [2.24, 2.45) is 5.73 Å². The molecule has 0 aliphatic heterocycles. The third kappa shape index (κ3) is 2.01. The Morgan fingerprint density at radius 2 is 2.25 bits per heavy atom. The molecule has 0 bridgehead atoms. The maximum Gasteiger partial charge on any atom is 0.113 e. The zero-order valence-electron chi connectivity index (χ0n) is 6.59. The summed E-state index contributed by atoms with van der Waals surface area (Å²) in [5.74, 6) is 0. The highest BCUT2D eigenvalue weighted by atomic mass is 16.3. The normalized spacial score (nSPS) is 15.6. The molecule has 0 aromatic carbocycles. The minimum Gasteiger partial charge on any atom is -0.395 e. The van der Waals surface area contributed by atoms with Crippen molar-refractivity contribution in [1.29, 1.82) is 0 Å². The molecule has 0 saturated heterocycles. The number of nitrogens with zero attached hydrogens (tertiary/aromatic N) is 1. The predicted octanol–water partition coefficient (Wildman–Crippen LogP) is -0.565. The lowest BCUT2D eigenvalue weighted by atomic mass is 10.1. The van der Waals surface area contributed by atoms with Crippen LogP contribution in [0.1, 0.15) is 11.8 Å². The number of hydrogen-bond acceptors (Lipinski definition) is 4. The highest BCUT2D eigenvalue weighted by Crippen LogP contribution is 2.11. The highest BCUT2D eigenvalue weighted by Gasteiger charge is 2.16. The van der Waals surface area contributed by atoms with E-state index in [4.69, 9.17) is 10.8 Å². The van der Waals surface area contributed by atoms with Gasteiger partial charge in [0.25, 0.3) is 0 Å². The van der Waals surface area contributed by atoms with Crippen LogP contribution >= 0.6 is 0 Å². The zero-order valence-corrected chi connectivity index (χ0v) is 6.59. The third-order valence-corrected chi connectivity index (χ3v) is 1.61. The number of pyridine rings is 1. The summed E-state index contributed by atoms with van der Waals surface area (Å²) in [6, 6.07) is 4.51. The first kappa shape index (κ1) is 9.12. The minimum absolute atomic E-state index is 0.252. The quantitative estimate of drug-likeness (QED) is 0.565. The average Bonchev–Trinajstić information content (AvgIpc) is 2.17. The van der Waals surface area contributed by atoms with Gasteiger partial charge >= 0.3 is 0 Å². The summed E-state index contributed by atoms with van der Waals surface area (Å²) in [4.78, 5) is 3.91. The first-order chi connectivity index (χ1) is 5.75. The Bertz CT molecular complexity index is 228. The van der Waals surface area contributed by atoms with Gasteiger partial charge in [0.2, 0.25) is 0 Å². The molecule has 2 atom stereocenters. The second-order valence-electron chi connectivity index (χ2n) is 2.55. The van der Waals surface area contributed by atoms with Gasteiger partial charge < -0.3 is 15.9 Å². The zero-order chi connectivity index (χ0) is 8.97. The van der Waals surface area contributed by atoms with E-state index in [-0.39, 0.29) is 6.61 Å². The lowest BCUT2D eigenvalue weighted by Gasteiger charge is -2.15. The van der Waals surface area contributed by atoms with Crippen molar-refractivity contribution in [1.82, 2.24) is 4.98 Å². The monoisotopic (exact) mass is 168 g/mol. The van der Waals surface area contributed by atoms with E-state index in [1.54, 1.807) is 24.4 Å². The molecule has 1 aromatic rings. The Kier molecular flexibility index (Phi) is 3.16. The molecule has 4 heteroatoms. The SMILES string of the molecule is N[C@H](CO)[C@H](O)c1ccccn1. The van der Waals surface area contributed by atoms with E-state index in [0.717, 1.165) is 0 Å². The van der Waals surface area contributed by atoms with Crippen molar-refractivity contribution in [2.45, 2.75) is 12.1 Å². The Labute approximate surface area is 70.7 Å².